The van der Waals surface area contributed by atoms with Crippen molar-refractivity contribution in [3.05, 3.63) is 53.2 Å². The van der Waals surface area contributed by atoms with Crippen LogP contribution in [0, 0.1) is 5.92 Å². The molecule has 0 spiro atoms. The molecule has 1 aromatic heterocycles. The summed E-state index contributed by atoms with van der Waals surface area (Å²) in [5.41, 5.74) is 7.22. The smallest absolute Gasteiger partial charge is 0.262 e. The van der Waals surface area contributed by atoms with Gasteiger partial charge >= 0.3 is 0 Å². The van der Waals surface area contributed by atoms with Crippen molar-refractivity contribution in [1.82, 2.24) is 20.1 Å². The van der Waals surface area contributed by atoms with E-state index in [2.05, 4.69) is 25.0 Å². The van der Waals surface area contributed by atoms with Crippen molar-refractivity contribution in [1.29, 1.82) is 0 Å². The van der Waals surface area contributed by atoms with E-state index >= 15 is 0 Å². The Labute approximate surface area is 237 Å². The van der Waals surface area contributed by atoms with Crippen LogP contribution in [0.1, 0.15) is 56.8 Å². The Morgan fingerprint density at radius 3 is 2.27 bits per heavy atom. The molecule has 41 heavy (non-hydrogen) atoms. The number of fused-ring (bicyclic) bond motifs is 1. The maximum atomic E-state index is 13.2. The number of piperidine rings is 2. The van der Waals surface area contributed by atoms with Gasteiger partial charge in [-0.05, 0) is 55.5 Å². The van der Waals surface area contributed by atoms with Crippen LogP contribution in [0.2, 0.25) is 0 Å². The first kappa shape index (κ1) is 26.9. The van der Waals surface area contributed by atoms with Gasteiger partial charge in [0.1, 0.15) is 11.9 Å². The van der Waals surface area contributed by atoms with E-state index in [-0.39, 0.29) is 18.7 Å². The summed E-state index contributed by atoms with van der Waals surface area (Å²) in [6.45, 7) is 6.31. The SMILES string of the molecule is NC(=O)c1ccc(N2CCC(CN3CCN(c4ccc5c(c4)C(=O)N(C4CCC(=O)NC4=O)C5=O)CC3)CC2)nc1. The fourth-order valence-electron chi connectivity index (χ4n) is 6.27. The molecule has 2 aromatic rings. The molecule has 1 atom stereocenters. The number of pyridine rings is 1. The highest BCUT2D eigenvalue weighted by Gasteiger charge is 2.44. The fourth-order valence-corrected chi connectivity index (χ4v) is 6.27. The van der Waals surface area contributed by atoms with Crippen LogP contribution in [-0.2, 0) is 9.59 Å². The maximum absolute atomic E-state index is 13.2. The molecule has 0 radical (unpaired) electrons. The van der Waals surface area contributed by atoms with Gasteiger partial charge in [-0.25, -0.2) is 4.98 Å². The van der Waals surface area contributed by atoms with Gasteiger partial charge in [0.05, 0.1) is 16.7 Å². The second-order valence-electron chi connectivity index (χ2n) is 11.2. The number of hydrogen-bond donors (Lipinski definition) is 2. The third-order valence-corrected chi connectivity index (χ3v) is 8.65. The zero-order valence-corrected chi connectivity index (χ0v) is 22.8. The lowest BCUT2D eigenvalue weighted by Gasteiger charge is -2.40. The average molecular weight is 560 g/mol. The van der Waals surface area contributed by atoms with Crippen molar-refractivity contribution >= 4 is 41.0 Å². The lowest BCUT2D eigenvalue weighted by Crippen LogP contribution is -2.54. The van der Waals surface area contributed by atoms with Gasteiger partial charge in [0.25, 0.3) is 11.8 Å². The molecule has 3 fully saturated rings. The van der Waals surface area contributed by atoms with E-state index in [1.807, 2.05) is 12.1 Å². The van der Waals surface area contributed by atoms with Crippen LogP contribution in [-0.4, -0.2) is 96.2 Å². The molecule has 3 N–H and O–H groups in total. The zero-order chi connectivity index (χ0) is 28.7. The summed E-state index contributed by atoms with van der Waals surface area (Å²) in [6.07, 6.45) is 3.92. The zero-order valence-electron chi connectivity index (χ0n) is 22.8. The van der Waals surface area contributed by atoms with Crippen molar-refractivity contribution in [2.75, 3.05) is 55.6 Å². The largest absolute Gasteiger partial charge is 0.369 e. The van der Waals surface area contributed by atoms with Crippen molar-refractivity contribution in [2.24, 2.45) is 11.7 Å². The summed E-state index contributed by atoms with van der Waals surface area (Å²) in [6, 6.07) is 7.92. The van der Waals surface area contributed by atoms with Gasteiger partial charge in [0.15, 0.2) is 0 Å². The Morgan fingerprint density at radius 2 is 1.61 bits per heavy atom. The fraction of sp³-hybridized carbons (Fsp3) is 0.448. The number of imide groups is 2. The van der Waals surface area contributed by atoms with E-state index in [1.54, 1.807) is 18.2 Å². The summed E-state index contributed by atoms with van der Waals surface area (Å²) < 4.78 is 0. The van der Waals surface area contributed by atoms with Crippen LogP contribution >= 0.6 is 0 Å². The molecule has 6 rings (SSSR count). The summed E-state index contributed by atoms with van der Waals surface area (Å²) in [5, 5.41) is 2.23. The van der Waals surface area contributed by atoms with E-state index in [1.165, 1.54) is 6.20 Å². The van der Waals surface area contributed by atoms with Crippen molar-refractivity contribution in [2.45, 2.75) is 31.7 Å². The minimum absolute atomic E-state index is 0.0991. The van der Waals surface area contributed by atoms with Gasteiger partial charge < -0.3 is 15.5 Å². The minimum Gasteiger partial charge on any atom is -0.369 e. The molecule has 214 valence electrons. The summed E-state index contributed by atoms with van der Waals surface area (Å²) in [4.78, 5) is 73.7. The number of aromatic nitrogens is 1. The first-order chi connectivity index (χ1) is 19.8. The number of rotatable bonds is 6. The molecule has 5 heterocycles. The standard InChI is InChI=1S/C29H33N7O5/c30-26(38)19-1-5-24(31-16-19)35-9-7-18(8-10-35)17-33-11-13-34(14-12-33)20-2-3-21-22(15-20)29(41)36(28(21)40)23-4-6-25(37)32-27(23)39/h1-3,5,15-16,18,23H,4,6-14,17H2,(H2,30,38)(H,32,37,39). The molecule has 1 unspecified atom stereocenters. The highest BCUT2D eigenvalue weighted by atomic mass is 16.2. The molecule has 0 bridgehead atoms. The number of nitrogens with zero attached hydrogens (tertiary/aromatic N) is 5. The number of nitrogens with two attached hydrogens (primary N) is 1. The topological polar surface area (TPSA) is 149 Å². The van der Waals surface area contributed by atoms with Crippen LogP contribution in [0.5, 0.6) is 0 Å². The Hall–Kier alpha value is -4.32. The summed E-state index contributed by atoms with van der Waals surface area (Å²) in [5.74, 6) is -0.958. The number of hydrogen-bond acceptors (Lipinski definition) is 9. The predicted octanol–water partition coefficient (Wildman–Crippen LogP) is 0.620. The molecule has 0 saturated carbocycles. The molecule has 12 heteroatoms. The average Bonchev–Trinajstić information content (AvgIpc) is 3.23. The Bertz CT molecular complexity index is 1390. The van der Waals surface area contributed by atoms with Gasteiger partial charge in [0.2, 0.25) is 17.7 Å². The van der Waals surface area contributed by atoms with Crippen LogP contribution in [0.3, 0.4) is 0 Å². The van der Waals surface area contributed by atoms with Crippen LogP contribution < -0.4 is 20.9 Å². The molecular weight excluding hydrogens is 526 g/mol. The van der Waals surface area contributed by atoms with Gasteiger partial charge in [-0.15, -0.1) is 0 Å². The third kappa shape index (κ3) is 5.26. The Balaban J connectivity index is 1.01. The number of benzene rings is 1. The second kappa shape index (κ2) is 10.9. The van der Waals surface area contributed by atoms with Crippen LogP contribution in [0.4, 0.5) is 11.5 Å². The normalized spacial score (nSPS) is 22.2. The van der Waals surface area contributed by atoms with Crippen LogP contribution in [0.25, 0.3) is 0 Å². The van der Waals surface area contributed by atoms with Gasteiger partial charge in [-0.1, -0.05) is 0 Å². The maximum Gasteiger partial charge on any atom is 0.262 e. The molecular formula is C29H33N7O5. The number of carbonyl (C=O) groups excluding carboxylic acids is 5. The quantitative estimate of drug-likeness (QED) is 0.486. The number of carbonyl (C=O) groups is 5. The number of piperazine rings is 1. The van der Waals surface area contributed by atoms with Crippen molar-refractivity contribution in [3.8, 4) is 0 Å². The lowest BCUT2D eigenvalue weighted by atomic mass is 9.96. The highest BCUT2D eigenvalue weighted by Crippen LogP contribution is 2.31. The van der Waals surface area contributed by atoms with Gasteiger partial charge in [-0.3, -0.25) is 39.1 Å². The molecule has 0 aliphatic carbocycles. The summed E-state index contributed by atoms with van der Waals surface area (Å²) >= 11 is 0. The van der Waals surface area contributed by atoms with E-state index < -0.39 is 29.7 Å². The Kier molecular flexibility index (Phi) is 7.16. The molecule has 3 saturated heterocycles. The van der Waals surface area contributed by atoms with E-state index in [9.17, 15) is 24.0 Å². The highest BCUT2D eigenvalue weighted by molar-refractivity contribution is 6.23. The molecule has 4 aliphatic heterocycles. The minimum atomic E-state index is -0.961. The van der Waals surface area contributed by atoms with E-state index in [4.69, 9.17) is 5.73 Å². The van der Waals surface area contributed by atoms with E-state index in [0.717, 1.165) is 75.1 Å². The predicted molar refractivity (Wildman–Crippen MR) is 149 cm³/mol. The number of anilines is 2. The first-order valence-electron chi connectivity index (χ1n) is 14.1. The second-order valence-corrected chi connectivity index (χ2v) is 11.2. The number of amides is 5. The number of nitrogens with one attached hydrogen (secondary N) is 1. The lowest BCUT2D eigenvalue weighted by molar-refractivity contribution is -0.136. The van der Waals surface area contributed by atoms with Crippen molar-refractivity contribution in [3.63, 3.8) is 0 Å². The molecule has 5 amide bonds. The van der Waals surface area contributed by atoms with Gasteiger partial charge in [-0.2, -0.15) is 0 Å². The van der Waals surface area contributed by atoms with E-state index in [0.29, 0.717) is 22.6 Å². The molecule has 12 nitrogen and oxygen atoms in total. The third-order valence-electron chi connectivity index (χ3n) is 8.65. The Morgan fingerprint density at radius 1 is 0.878 bits per heavy atom. The molecule has 4 aliphatic rings. The van der Waals surface area contributed by atoms with Crippen molar-refractivity contribution < 1.29 is 24.0 Å². The summed E-state index contributed by atoms with van der Waals surface area (Å²) in [7, 11) is 0. The molecule has 1 aromatic carbocycles. The number of primary amides is 1. The van der Waals surface area contributed by atoms with Gasteiger partial charge in [0, 0.05) is 64.1 Å². The first-order valence-corrected chi connectivity index (χ1v) is 14.1. The monoisotopic (exact) mass is 559 g/mol. The van der Waals surface area contributed by atoms with Crippen LogP contribution in [0.15, 0.2) is 36.5 Å².